The van der Waals surface area contributed by atoms with Crippen LogP contribution in [0.15, 0.2) is 0 Å². The van der Waals surface area contributed by atoms with Gasteiger partial charge in [-0.1, -0.05) is 26.2 Å². The number of amides is 2. The minimum Gasteiger partial charge on any atom is -0.396 e. The SMILES string of the molecule is CCC1CCCC(NC(=O)N(CCCCO)C2CC2)C1. The van der Waals surface area contributed by atoms with Gasteiger partial charge in [0.15, 0.2) is 0 Å². The fourth-order valence-electron chi connectivity index (χ4n) is 3.28. The molecule has 4 heteroatoms. The Balaban J connectivity index is 1.78. The van der Waals surface area contributed by atoms with Gasteiger partial charge in [0.05, 0.1) is 0 Å². The first-order valence-electron chi connectivity index (χ1n) is 8.42. The Kier molecular flexibility index (Phi) is 6.14. The highest BCUT2D eigenvalue weighted by Gasteiger charge is 2.33. The van der Waals surface area contributed by atoms with Crippen LogP contribution in [0.5, 0.6) is 0 Å². The summed E-state index contributed by atoms with van der Waals surface area (Å²) < 4.78 is 0. The molecule has 2 aliphatic rings. The number of aliphatic hydroxyl groups is 1. The van der Waals surface area contributed by atoms with Gasteiger partial charge in [-0.25, -0.2) is 4.79 Å². The Bertz CT molecular complexity index is 305. The molecule has 0 aromatic carbocycles. The molecule has 4 nitrogen and oxygen atoms in total. The van der Waals surface area contributed by atoms with Gasteiger partial charge in [-0.2, -0.15) is 0 Å². The second-order valence-corrected chi connectivity index (χ2v) is 6.44. The van der Waals surface area contributed by atoms with Crippen molar-refractivity contribution >= 4 is 6.03 Å². The summed E-state index contributed by atoms with van der Waals surface area (Å²) in [6.07, 6.45) is 10.1. The highest BCUT2D eigenvalue weighted by Crippen LogP contribution is 2.29. The van der Waals surface area contributed by atoms with Crippen molar-refractivity contribution in [3.05, 3.63) is 0 Å². The Morgan fingerprint density at radius 3 is 2.70 bits per heavy atom. The van der Waals surface area contributed by atoms with Gasteiger partial charge in [-0.05, 0) is 44.4 Å². The molecule has 2 rings (SSSR count). The van der Waals surface area contributed by atoms with E-state index in [4.69, 9.17) is 5.11 Å². The molecule has 2 amide bonds. The van der Waals surface area contributed by atoms with Gasteiger partial charge in [0.2, 0.25) is 0 Å². The molecule has 116 valence electrons. The van der Waals surface area contributed by atoms with Gasteiger partial charge in [-0.3, -0.25) is 0 Å². The number of urea groups is 1. The Morgan fingerprint density at radius 2 is 2.05 bits per heavy atom. The molecule has 0 aromatic heterocycles. The minimum absolute atomic E-state index is 0.132. The molecule has 0 aromatic rings. The number of nitrogens with one attached hydrogen (secondary N) is 1. The van der Waals surface area contributed by atoms with Crippen molar-refractivity contribution < 1.29 is 9.90 Å². The minimum atomic E-state index is 0.132. The summed E-state index contributed by atoms with van der Waals surface area (Å²) in [7, 11) is 0. The largest absolute Gasteiger partial charge is 0.396 e. The van der Waals surface area contributed by atoms with Gasteiger partial charge >= 0.3 is 6.03 Å². The van der Waals surface area contributed by atoms with E-state index in [0.717, 1.165) is 51.0 Å². The van der Waals surface area contributed by atoms with Crippen molar-refractivity contribution in [1.29, 1.82) is 0 Å². The standard InChI is InChI=1S/C16H30N2O2/c1-2-13-6-5-7-14(12-13)17-16(20)18(15-8-9-15)10-3-4-11-19/h13-15,19H,2-12H2,1H3,(H,17,20). The third-order valence-electron chi connectivity index (χ3n) is 4.74. The summed E-state index contributed by atoms with van der Waals surface area (Å²) in [6.45, 7) is 3.27. The van der Waals surface area contributed by atoms with Crippen molar-refractivity contribution in [1.82, 2.24) is 10.2 Å². The molecule has 2 atom stereocenters. The topological polar surface area (TPSA) is 52.6 Å². The molecule has 0 spiro atoms. The molecule has 0 aliphatic heterocycles. The van der Waals surface area contributed by atoms with Gasteiger partial charge in [-0.15, -0.1) is 0 Å². The summed E-state index contributed by atoms with van der Waals surface area (Å²) in [5.41, 5.74) is 0. The highest BCUT2D eigenvalue weighted by atomic mass is 16.3. The third kappa shape index (κ3) is 4.65. The smallest absolute Gasteiger partial charge is 0.317 e. The first-order valence-corrected chi connectivity index (χ1v) is 8.42. The lowest BCUT2D eigenvalue weighted by Gasteiger charge is -2.31. The van der Waals surface area contributed by atoms with Crippen LogP contribution >= 0.6 is 0 Å². The van der Waals surface area contributed by atoms with Crippen LogP contribution in [0.2, 0.25) is 0 Å². The van der Waals surface area contributed by atoms with E-state index < -0.39 is 0 Å². The lowest BCUT2D eigenvalue weighted by atomic mass is 9.84. The van der Waals surface area contributed by atoms with Crippen LogP contribution < -0.4 is 5.32 Å². The molecule has 0 bridgehead atoms. The van der Waals surface area contributed by atoms with E-state index in [0.29, 0.717) is 12.1 Å². The molecule has 0 radical (unpaired) electrons. The quantitative estimate of drug-likeness (QED) is 0.705. The van der Waals surface area contributed by atoms with Crippen LogP contribution in [0.3, 0.4) is 0 Å². The molecule has 2 aliphatic carbocycles. The van der Waals surface area contributed by atoms with E-state index >= 15 is 0 Å². The number of aliphatic hydroxyl groups excluding tert-OH is 1. The predicted octanol–water partition coefficient (Wildman–Crippen LogP) is 2.90. The Morgan fingerprint density at radius 1 is 1.25 bits per heavy atom. The second kappa shape index (κ2) is 7.87. The van der Waals surface area contributed by atoms with Crippen LogP contribution in [0.4, 0.5) is 4.79 Å². The third-order valence-corrected chi connectivity index (χ3v) is 4.74. The van der Waals surface area contributed by atoms with Crippen molar-refractivity contribution in [3.63, 3.8) is 0 Å². The average molecular weight is 282 g/mol. The lowest BCUT2D eigenvalue weighted by molar-refractivity contribution is 0.179. The lowest BCUT2D eigenvalue weighted by Crippen LogP contribution is -2.47. The number of hydrogen-bond acceptors (Lipinski definition) is 2. The maximum Gasteiger partial charge on any atom is 0.317 e. The van der Waals surface area contributed by atoms with E-state index in [1.54, 1.807) is 0 Å². The molecule has 2 N–H and O–H groups in total. The van der Waals surface area contributed by atoms with E-state index in [-0.39, 0.29) is 12.6 Å². The summed E-state index contributed by atoms with van der Waals surface area (Å²) >= 11 is 0. The number of unbranched alkanes of at least 4 members (excludes halogenated alkanes) is 1. The molecule has 2 unspecified atom stereocenters. The monoisotopic (exact) mass is 282 g/mol. The number of carbonyl (C=O) groups is 1. The predicted molar refractivity (Wildman–Crippen MR) is 80.6 cm³/mol. The molecule has 0 saturated heterocycles. The van der Waals surface area contributed by atoms with Crippen LogP contribution in [-0.4, -0.2) is 41.3 Å². The first-order chi connectivity index (χ1) is 9.74. The normalized spacial score (nSPS) is 26.3. The van der Waals surface area contributed by atoms with Gasteiger partial charge in [0, 0.05) is 25.2 Å². The summed E-state index contributed by atoms with van der Waals surface area (Å²) in [4.78, 5) is 14.4. The average Bonchev–Trinajstić information content (AvgIpc) is 3.28. The zero-order chi connectivity index (χ0) is 14.4. The van der Waals surface area contributed by atoms with Gasteiger partial charge < -0.3 is 15.3 Å². The number of hydrogen-bond donors (Lipinski definition) is 2. The fraction of sp³-hybridized carbons (Fsp3) is 0.938. The second-order valence-electron chi connectivity index (χ2n) is 6.44. The Labute approximate surface area is 122 Å². The van der Waals surface area contributed by atoms with Crippen molar-refractivity contribution in [2.45, 2.75) is 76.8 Å². The molecule has 2 saturated carbocycles. The van der Waals surface area contributed by atoms with E-state index in [2.05, 4.69) is 12.2 Å². The van der Waals surface area contributed by atoms with Gasteiger partial charge in [0.1, 0.15) is 0 Å². The van der Waals surface area contributed by atoms with Crippen LogP contribution in [-0.2, 0) is 0 Å². The number of rotatable bonds is 7. The van der Waals surface area contributed by atoms with E-state index in [9.17, 15) is 4.79 Å². The fourth-order valence-corrected chi connectivity index (χ4v) is 3.28. The van der Waals surface area contributed by atoms with Gasteiger partial charge in [0.25, 0.3) is 0 Å². The zero-order valence-corrected chi connectivity index (χ0v) is 12.8. The molecule has 2 fully saturated rings. The highest BCUT2D eigenvalue weighted by molar-refractivity contribution is 5.75. The van der Waals surface area contributed by atoms with Crippen molar-refractivity contribution in [3.8, 4) is 0 Å². The summed E-state index contributed by atoms with van der Waals surface area (Å²) in [5.74, 6) is 0.790. The molecular weight excluding hydrogens is 252 g/mol. The first kappa shape index (κ1) is 15.6. The summed E-state index contributed by atoms with van der Waals surface area (Å²) in [6, 6.07) is 0.965. The van der Waals surface area contributed by atoms with Crippen LogP contribution in [0.25, 0.3) is 0 Å². The zero-order valence-electron chi connectivity index (χ0n) is 12.8. The van der Waals surface area contributed by atoms with E-state index in [1.165, 1.54) is 19.3 Å². The molecule has 0 heterocycles. The Hall–Kier alpha value is -0.770. The molecule has 20 heavy (non-hydrogen) atoms. The van der Waals surface area contributed by atoms with Crippen molar-refractivity contribution in [2.75, 3.05) is 13.2 Å². The maximum atomic E-state index is 12.4. The van der Waals surface area contributed by atoms with Crippen LogP contribution in [0, 0.1) is 5.92 Å². The van der Waals surface area contributed by atoms with Crippen molar-refractivity contribution in [2.24, 2.45) is 5.92 Å². The van der Waals surface area contributed by atoms with E-state index in [1.807, 2.05) is 4.90 Å². The summed E-state index contributed by atoms with van der Waals surface area (Å²) in [5, 5.41) is 12.1. The number of carbonyl (C=O) groups excluding carboxylic acids is 1. The maximum absolute atomic E-state index is 12.4. The number of nitrogens with zero attached hydrogens (tertiary/aromatic N) is 1. The van der Waals surface area contributed by atoms with Crippen LogP contribution in [0.1, 0.15) is 64.7 Å². The molecular formula is C16H30N2O2.